The number of rotatable bonds is 9. The fourth-order valence-corrected chi connectivity index (χ4v) is 2.32. The second kappa shape index (κ2) is 9.35. The van der Waals surface area contributed by atoms with E-state index in [0.717, 1.165) is 42.9 Å². The first-order valence-corrected chi connectivity index (χ1v) is 7.66. The van der Waals surface area contributed by atoms with E-state index >= 15 is 0 Å². The van der Waals surface area contributed by atoms with E-state index in [-0.39, 0.29) is 12.2 Å². The predicted octanol–water partition coefficient (Wildman–Crippen LogP) is 4.59. The maximum Gasteiger partial charge on any atom is 0.0953 e. The van der Waals surface area contributed by atoms with Gasteiger partial charge in [-0.3, -0.25) is 0 Å². The van der Waals surface area contributed by atoms with Gasteiger partial charge in [0.1, 0.15) is 0 Å². The van der Waals surface area contributed by atoms with Crippen LogP contribution in [-0.4, -0.2) is 19.2 Å². The molecule has 1 aromatic carbocycles. The molecule has 0 amide bonds. The molecular weight excluding hydrogens is 258 g/mol. The summed E-state index contributed by atoms with van der Waals surface area (Å²) in [7, 11) is 0. The molecule has 108 valence electrons. The third-order valence-electron chi connectivity index (χ3n) is 3.07. The van der Waals surface area contributed by atoms with Gasteiger partial charge in [-0.25, -0.2) is 0 Å². The van der Waals surface area contributed by atoms with Crippen LogP contribution in [0.3, 0.4) is 0 Å². The van der Waals surface area contributed by atoms with Crippen molar-refractivity contribution in [2.75, 3.05) is 13.1 Å². The van der Waals surface area contributed by atoms with Gasteiger partial charge in [0.2, 0.25) is 0 Å². The average Bonchev–Trinajstić information content (AvgIpc) is 2.38. The van der Waals surface area contributed by atoms with E-state index in [2.05, 4.69) is 32.2 Å². The van der Waals surface area contributed by atoms with E-state index in [0.29, 0.717) is 0 Å². The van der Waals surface area contributed by atoms with Gasteiger partial charge in [-0.1, -0.05) is 44.0 Å². The molecule has 1 aromatic rings. The van der Waals surface area contributed by atoms with Crippen molar-refractivity contribution in [3.8, 4) is 0 Å². The molecule has 0 aliphatic carbocycles. The minimum absolute atomic E-state index is 0.0757. The van der Waals surface area contributed by atoms with Crippen LogP contribution >= 0.6 is 11.6 Å². The van der Waals surface area contributed by atoms with Gasteiger partial charge in [-0.05, 0) is 44.0 Å². The molecule has 0 fully saturated rings. The largest absolute Gasteiger partial charge is 0.369 e. The number of hydrogen-bond donors (Lipinski definition) is 1. The molecule has 0 radical (unpaired) electrons. The summed E-state index contributed by atoms with van der Waals surface area (Å²) in [6.07, 6.45) is 3.72. The van der Waals surface area contributed by atoms with Gasteiger partial charge in [-0.15, -0.1) is 0 Å². The third-order valence-corrected chi connectivity index (χ3v) is 3.30. The van der Waals surface area contributed by atoms with Crippen molar-refractivity contribution >= 4 is 11.6 Å². The molecule has 0 spiro atoms. The Balaban J connectivity index is 2.67. The zero-order chi connectivity index (χ0) is 14.1. The number of halogens is 1. The van der Waals surface area contributed by atoms with Gasteiger partial charge < -0.3 is 10.1 Å². The summed E-state index contributed by atoms with van der Waals surface area (Å²) >= 11 is 6.07. The fraction of sp³-hybridized carbons (Fsp3) is 0.625. The standard InChI is InChI=1S/C16H26ClNO/c1-4-7-13(3)19-16(12-18-10-5-2)14-8-6-9-15(17)11-14/h6,8-9,11,13,16,18H,4-5,7,10,12H2,1-3H3. The highest BCUT2D eigenvalue weighted by Crippen LogP contribution is 2.23. The molecule has 2 nitrogen and oxygen atoms in total. The molecule has 0 bridgehead atoms. The van der Waals surface area contributed by atoms with Crippen molar-refractivity contribution in [2.24, 2.45) is 0 Å². The van der Waals surface area contributed by atoms with Gasteiger partial charge in [-0.2, -0.15) is 0 Å². The van der Waals surface area contributed by atoms with Crippen LogP contribution in [0.25, 0.3) is 0 Å². The predicted molar refractivity (Wildman–Crippen MR) is 82.8 cm³/mol. The van der Waals surface area contributed by atoms with E-state index in [1.807, 2.05) is 18.2 Å². The second-order valence-electron chi connectivity index (χ2n) is 4.98. The first-order valence-electron chi connectivity index (χ1n) is 7.29. The summed E-state index contributed by atoms with van der Waals surface area (Å²) in [6.45, 7) is 8.34. The summed E-state index contributed by atoms with van der Waals surface area (Å²) in [4.78, 5) is 0. The fourth-order valence-electron chi connectivity index (χ4n) is 2.12. The Morgan fingerprint density at radius 2 is 2.05 bits per heavy atom. The molecule has 0 aliphatic rings. The normalized spacial score (nSPS) is 14.3. The van der Waals surface area contributed by atoms with Crippen LogP contribution < -0.4 is 5.32 Å². The minimum Gasteiger partial charge on any atom is -0.369 e. The lowest BCUT2D eigenvalue weighted by Crippen LogP contribution is -2.26. The molecule has 0 aliphatic heterocycles. The monoisotopic (exact) mass is 283 g/mol. The van der Waals surface area contributed by atoms with E-state index in [1.54, 1.807) is 0 Å². The molecule has 19 heavy (non-hydrogen) atoms. The van der Waals surface area contributed by atoms with Crippen molar-refractivity contribution in [3.05, 3.63) is 34.9 Å². The summed E-state index contributed by atoms with van der Waals surface area (Å²) in [5, 5.41) is 4.20. The van der Waals surface area contributed by atoms with Gasteiger partial charge in [0, 0.05) is 11.6 Å². The van der Waals surface area contributed by atoms with Crippen molar-refractivity contribution in [2.45, 2.75) is 52.2 Å². The average molecular weight is 284 g/mol. The molecule has 0 heterocycles. The van der Waals surface area contributed by atoms with Gasteiger partial charge in [0.15, 0.2) is 0 Å². The van der Waals surface area contributed by atoms with E-state index in [4.69, 9.17) is 16.3 Å². The Morgan fingerprint density at radius 3 is 2.68 bits per heavy atom. The van der Waals surface area contributed by atoms with E-state index in [9.17, 15) is 0 Å². The maximum absolute atomic E-state index is 6.16. The molecule has 2 unspecified atom stereocenters. The first kappa shape index (κ1) is 16.5. The lowest BCUT2D eigenvalue weighted by Gasteiger charge is -2.23. The summed E-state index contributed by atoms with van der Waals surface area (Å²) in [5.41, 5.74) is 1.15. The first-order chi connectivity index (χ1) is 9.17. The zero-order valence-corrected chi connectivity index (χ0v) is 13.0. The van der Waals surface area contributed by atoms with E-state index < -0.39 is 0 Å². The molecule has 0 saturated carbocycles. The summed E-state index contributed by atoms with van der Waals surface area (Å²) < 4.78 is 6.16. The number of benzene rings is 1. The molecule has 2 atom stereocenters. The zero-order valence-electron chi connectivity index (χ0n) is 12.3. The molecule has 0 saturated heterocycles. The highest BCUT2D eigenvalue weighted by atomic mass is 35.5. The Bertz CT molecular complexity index is 356. The Labute approximate surface area is 122 Å². The van der Waals surface area contributed by atoms with Crippen LogP contribution in [0, 0.1) is 0 Å². The van der Waals surface area contributed by atoms with Gasteiger partial charge >= 0.3 is 0 Å². The van der Waals surface area contributed by atoms with E-state index in [1.165, 1.54) is 0 Å². The number of nitrogens with one attached hydrogen (secondary N) is 1. The minimum atomic E-state index is 0.0757. The molecular formula is C16H26ClNO. The third kappa shape index (κ3) is 6.42. The Hall–Kier alpha value is -0.570. The smallest absolute Gasteiger partial charge is 0.0953 e. The van der Waals surface area contributed by atoms with Crippen LogP contribution in [0.4, 0.5) is 0 Å². The maximum atomic E-state index is 6.16. The SMILES string of the molecule is CCCNCC(OC(C)CCC)c1cccc(Cl)c1. The number of ether oxygens (including phenoxy) is 1. The quantitative estimate of drug-likeness (QED) is 0.670. The summed E-state index contributed by atoms with van der Waals surface area (Å²) in [6, 6.07) is 7.97. The van der Waals surface area contributed by atoms with Crippen molar-refractivity contribution in [1.82, 2.24) is 5.32 Å². The second-order valence-corrected chi connectivity index (χ2v) is 5.42. The van der Waals surface area contributed by atoms with Crippen LogP contribution in [0.5, 0.6) is 0 Å². The number of hydrogen-bond acceptors (Lipinski definition) is 2. The van der Waals surface area contributed by atoms with Crippen LogP contribution in [0.1, 0.15) is 51.7 Å². The molecule has 0 aromatic heterocycles. The van der Waals surface area contributed by atoms with Crippen LogP contribution in [0.2, 0.25) is 5.02 Å². The Morgan fingerprint density at radius 1 is 1.26 bits per heavy atom. The molecule has 3 heteroatoms. The van der Waals surface area contributed by atoms with Crippen molar-refractivity contribution in [3.63, 3.8) is 0 Å². The summed E-state index contributed by atoms with van der Waals surface area (Å²) in [5.74, 6) is 0. The molecule has 1 N–H and O–H groups in total. The molecule has 1 rings (SSSR count). The van der Waals surface area contributed by atoms with Crippen LogP contribution in [-0.2, 0) is 4.74 Å². The lowest BCUT2D eigenvalue weighted by atomic mass is 10.1. The highest BCUT2D eigenvalue weighted by molar-refractivity contribution is 6.30. The van der Waals surface area contributed by atoms with Crippen LogP contribution in [0.15, 0.2) is 24.3 Å². The van der Waals surface area contributed by atoms with Crippen molar-refractivity contribution < 1.29 is 4.74 Å². The highest BCUT2D eigenvalue weighted by Gasteiger charge is 2.15. The van der Waals surface area contributed by atoms with Gasteiger partial charge in [0.05, 0.1) is 12.2 Å². The Kier molecular flexibility index (Phi) is 8.11. The van der Waals surface area contributed by atoms with Gasteiger partial charge in [0.25, 0.3) is 0 Å². The van der Waals surface area contributed by atoms with Crippen molar-refractivity contribution in [1.29, 1.82) is 0 Å². The topological polar surface area (TPSA) is 21.3 Å². The lowest BCUT2D eigenvalue weighted by molar-refractivity contribution is -0.00711.